The van der Waals surface area contributed by atoms with Crippen LogP contribution in [-0.2, 0) is 19.5 Å². The number of halogens is 3. The Kier molecular flexibility index (Phi) is 6.94. The van der Waals surface area contributed by atoms with Crippen molar-refractivity contribution in [3.63, 3.8) is 0 Å². The van der Waals surface area contributed by atoms with Gasteiger partial charge in [-0.3, -0.25) is 18.7 Å². The minimum absolute atomic E-state index is 0.00672. The molecule has 0 aliphatic carbocycles. The Morgan fingerprint density at radius 3 is 2.38 bits per heavy atom. The van der Waals surface area contributed by atoms with Crippen molar-refractivity contribution >= 4 is 27.5 Å². The average molecular weight is 496 g/mol. The molecule has 0 saturated carbocycles. The van der Waals surface area contributed by atoms with Crippen LogP contribution < -0.4 is 11.2 Å². The van der Waals surface area contributed by atoms with Gasteiger partial charge in [0.25, 0.3) is 11.5 Å². The number of aromatic nitrogens is 2. The van der Waals surface area contributed by atoms with Gasteiger partial charge in [0.05, 0.1) is 22.8 Å². The number of thiophene rings is 1. The van der Waals surface area contributed by atoms with Crippen molar-refractivity contribution in [2.45, 2.75) is 51.1 Å². The van der Waals surface area contributed by atoms with Crippen LogP contribution in [0.5, 0.6) is 0 Å². The van der Waals surface area contributed by atoms with E-state index in [1.807, 2.05) is 30.3 Å². The summed E-state index contributed by atoms with van der Waals surface area (Å²) in [6.07, 6.45) is -4.98. The van der Waals surface area contributed by atoms with E-state index in [0.717, 1.165) is 26.0 Å². The fourth-order valence-electron chi connectivity index (χ4n) is 4.05. The summed E-state index contributed by atoms with van der Waals surface area (Å²) in [5, 5.41) is 9.73. The molecule has 3 aromatic rings. The van der Waals surface area contributed by atoms with E-state index in [1.165, 1.54) is 6.07 Å². The summed E-state index contributed by atoms with van der Waals surface area (Å²) < 4.78 is 40.8. The number of alkyl halides is 3. The molecule has 2 aromatic heterocycles. The first kappa shape index (κ1) is 24.2. The van der Waals surface area contributed by atoms with Crippen molar-refractivity contribution in [2.24, 2.45) is 0 Å². The molecule has 1 aliphatic rings. The Balaban J connectivity index is 1.74. The van der Waals surface area contributed by atoms with Gasteiger partial charge in [0.15, 0.2) is 0 Å². The smallest absolute Gasteiger partial charge is 0.390 e. The van der Waals surface area contributed by atoms with Gasteiger partial charge in [-0.15, -0.1) is 11.3 Å². The molecule has 1 fully saturated rings. The topological polar surface area (TPSA) is 84.5 Å². The number of fused-ring (bicyclic) bond motifs is 1. The summed E-state index contributed by atoms with van der Waals surface area (Å²) in [5.74, 6) is -0.363. The third-order valence-corrected chi connectivity index (χ3v) is 7.09. The summed E-state index contributed by atoms with van der Waals surface area (Å²) >= 11 is 0.857. The molecular formula is C23H24F3N3O4S. The first-order valence-corrected chi connectivity index (χ1v) is 11.8. The molecular weight excluding hydrogens is 471 g/mol. The number of aliphatic hydroxyl groups excluding tert-OH is 1. The summed E-state index contributed by atoms with van der Waals surface area (Å²) in [4.78, 5) is 41.0. The fourth-order valence-corrected chi connectivity index (χ4v) is 5.19. The lowest BCUT2D eigenvalue weighted by Gasteiger charge is -2.29. The highest BCUT2D eigenvalue weighted by molar-refractivity contribution is 7.20. The Morgan fingerprint density at radius 2 is 1.74 bits per heavy atom. The molecule has 3 heterocycles. The predicted molar refractivity (Wildman–Crippen MR) is 122 cm³/mol. The van der Waals surface area contributed by atoms with Gasteiger partial charge >= 0.3 is 11.9 Å². The summed E-state index contributed by atoms with van der Waals surface area (Å²) in [5.41, 5.74) is -0.563. The molecule has 1 aliphatic heterocycles. The Labute approximate surface area is 196 Å². The zero-order valence-electron chi connectivity index (χ0n) is 18.3. The fraction of sp³-hybridized carbons (Fsp3) is 0.435. The zero-order valence-corrected chi connectivity index (χ0v) is 19.1. The summed E-state index contributed by atoms with van der Waals surface area (Å²) in [7, 11) is 0. The number of carbonyl (C=O) groups is 1. The molecule has 0 unspecified atom stereocenters. The van der Waals surface area contributed by atoms with Crippen LogP contribution in [-0.4, -0.2) is 50.4 Å². The Bertz CT molecular complexity index is 1290. The van der Waals surface area contributed by atoms with Crippen LogP contribution in [0.4, 0.5) is 13.2 Å². The van der Waals surface area contributed by atoms with E-state index in [0.29, 0.717) is 32.4 Å². The monoisotopic (exact) mass is 495 g/mol. The lowest BCUT2D eigenvalue weighted by Crippen LogP contribution is -2.40. The van der Waals surface area contributed by atoms with Crippen molar-refractivity contribution in [1.29, 1.82) is 0 Å². The van der Waals surface area contributed by atoms with Crippen LogP contribution in [0, 0.1) is 0 Å². The maximum absolute atomic E-state index is 13.2. The van der Waals surface area contributed by atoms with Gasteiger partial charge in [-0.05, 0) is 30.9 Å². The highest BCUT2D eigenvalue weighted by Crippen LogP contribution is 2.27. The highest BCUT2D eigenvalue weighted by atomic mass is 32.1. The summed E-state index contributed by atoms with van der Waals surface area (Å²) in [6, 6.07) is 10.5. The van der Waals surface area contributed by atoms with Crippen LogP contribution >= 0.6 is 11.3 Å². The molecule has 7 nitrogen and oxygen atoms in total. The standard InChI is InChI=1S/C23H24F3N3O4S/c24-23(25,26)9-13-29-21-17(14-18(34-21)20(32)27-10-7-16(30)8-11-27)19(31)28(22(29)33)12-6-15-4-2-1-3-5-15/h1-5,14,16,30H,6-13H2. The predicted octanol–water partition coefficient (Wildman–Crippen LogP) is 3.02. The second kappa shape index (κ2) is 9.75. The van der Waals surface area contributed by atoms with E-state index >= 15 is 0 Å². The van der Waals surface area contributed by atoms with E-state index in [9.17, 15) is 32.7 Å². The van der Waals surface area contributed by atoms with Gasteiger partial charge in [-0.1, -0.05) is 30.3 Å². The van der Waals surface area contributed by atoms with Gasteiger partial charge in [-0.25, -0.2) is 4.79 Å². The number of benzene rings is 1. The van der Waals surface area contributed by atoms with E-state index in [4.69, 9.17) is 0 Å². The summed E-state index contributed by atoms with van der Waals surface area (Å²) in [6.45, 7) is 0.0497. The van der Waals surface area contributed by atoms with Crippen molar-refractivity contribution < 1.29 is 23.1 Å². The molecule has 34 heavy (non-hydrogen) atoms. The molecule has 1 aromatic carbocycles. The average Bonchev–Trinajstić information content (AvgIpc) is 3.24. The molecule has 1 amide bonds. The molecule has 11 heteroatoms. The number of nitrogens with zero attached hydrogens (tertiary/aromatic N) is 3. The number of aryl methyl sites for hydroxylation is 2. The Morgan fingerprint density at radius 1 is 1.06 bits per heavy atom. The molecule has 1 N–H and O–H groups in total. The van der Waals surface area contributed by atoms with E-state index < -0.39 is 36.5 Å². The maximum Gasteiger partial charge on any atom is 0.390 e. The highest BCUT2D eigenvalue weighted by Gasteiger charge is 2.29. The van der Waals surface area contributed by atoms with E-state index in [1.54, 1.807) is 4.90 Å². The van der Waals surface area contributed by atoms with Crippen LogP contribution in [0.15, 0.2) is 46.0 Å². The Hall–Kier alpha value is -2.92. The minimum Gasteiger partial charge on any atom is -0.393 e. The lowest BCUT2D eigenvalue weighted by atomic mass is 10.1. The molecule has 4 rings (SSSR count). The molecule has 0 atom stereocenters. The van der Waals surface area contributed by atoms with Gasteiger partial charge in [0.1, 0.15) is 4.83 Å². The van der Waals surface area contributed by atoms with Crippen molar-refractivity contribution in [3.05, 3.63) is 67.7 Å². The molecule has 0 spiro atoms. The van der Waals surface area contributed by atoms with E-state index in [2.05, 4.69) is 0 Å². The number of carbonyl (C=O) groups excluding carboxylic acids is 1. The lowest BCUT2D eigenvalue weighted by molar-refractivity contribution is -0.136. The minimum atomic E-state index is -4.48. The van der Waals surface area contributed by atoms with Crippen LogP contribution in [0.1, 0.15) is 34.5 Å². The van der Waals surface area contributed by atoms with E-state index in [-0.39, 0.29) is 27.5 Å². The molecule has 1 saturated heterocycles. The number of hydrogen-bond acceptors (Lipinski definition) is 5. The van der Waals surface area contributed by atoms with Crippen LogP contribution in [0.25, 0.3) is 10.2 Å². The number of likely N-dealkylation sites (tertiary alicyclic amines) is 1. The number of aliphatic hydroxyl groups is 1. The number of piperidine rings is 1. The zero-order chi connectivity index (χ0) is 24.5. The largest absolute Gasteiger partial charge is 0.393 e. The van der Waals surface area contributed by atoms with Gasteiger partial charge < -0.3 is 10.0 Å². The maximum atomic E-state index is 13.2. The van der Waals surface area contributed by atoms with Crippen molar-refractivity contribution in [3.8, 4) is 0 Å². The first-order chi connectivity index (χ1) is 16.1. The van der Waals surface area contributed by atoms with Gasteiger partial charge in [0.2, 0.25) is 0 Å². The number of rotatable bonds is 6. The van der Waals surface area contributed by atoms with Crippen LogP contribution in [0.3, 0.4) is 0 Å². The normalized spacial score (nSPS) is 15.2. The SMILES string of the molecule is O=C(c1cc2c(=O)n(CCc3ccccc3)c(=O)n(CCC(F)(F)F)c2s1)N1CCC(O)CC1. The first-order valence-electron chi connectivity index (χ1n) is 11.0. The second-order valence-electron chi connectivity index (χ2n) is 8.34. The molecule has 0 radical (unpaired) electrons. The molecule has 0 bridgehead atoms. The van der Waals surface area contributed by atoms with Crippen molar-refractivity contribution in [2.75, 3.05) is 13.1 Å². The second-order valence-corrected chi connectivity index (χ2v) is 9.38. The molecule has 182 valence electrons. The number of amides is 1. The third-order valence-electron chi connectivity index (χ3n) is 5.94. The van der Waals surface area contributed by atoms with Gasteiger partial charge in [0, 0.05) is 26.2 Å². The quantitative estimate of drug-likeness (QED) is 0.570. The van der Waals surface area contributed by atoms with Gasteiger partial charge in [-0.2, -0.15) is 13.2 Å². The third kappa shape index (κ3) is 5.25. The van der Waals surface area contributed by atoms with Crippen molar-refractivity contribution in [1.82, 2.24) is 14.0 Å². The number of hydrogen-bond donors (Lipinski definition) is 1. The van der Waals surface area contributed by atoms with Crippen LogP contribution in [0.2, 0.25) is 0 Å².